The SMILES string of the molecule is COc1ccc(-c2nc3c4ccccc4nc(NC(CCCCN)C(N)=O)n3n2)cc1. The van der Waals surface area contributed by atoms with Crippen molar-refractivity contribution in [1.29, 1.82) is 0 Å². The van der Waals surface area contributed by atoms with Crippen LogP contribution in [0.25, 0.3) is 27.9 Å². The molecular formula is C22H25N7O2. The van der Waals surface area contributed by atoms with E-state index in [-0.39, 0.29) is 0 Å². The van der Waals surface area contributed by atoms with Crippen LogP contribution >= 0.6 is 0 Å². The van der Waals surface area contributed by atoms with Crippen molar-refractivity contribution >= 4 is 28.4 Å². The van der Waals surface area contributed by atoms with Crippen LogP contribution in [0.15, 0.2) is 48.5 Å². The van der Waals surface area contributed by atoms with E-state index in [0.29, 0.717) is 30.4 Å². The number of aromatic nitrogens is 4. The number of unbranched alkanes of at least 4 members (excludes halogenated alkanes) is 1. The van der Waals surface area contributed by atoms with Crippen LogP contribution in [0.2, 0.25) is 0 Å². The fourth-order valence-corrected chi connectivity index (χ4v) is 3.45. The number of nitrogens with two attached hydrogens (primary N) is 2. The van der Waals surface area contributed by atoms with E-state index < -0.39 is 11.9 Å². The van der Waals surface area contributed by atoms with E-state index in [2.05, 4.69) is 15.4 Å². The number of nitrogens with one attached hydrogen (secondary N) is 1. The summed E-state index contributed by atoms with van der Waals surface area (Å²) in [6.07, 6.45) is 2.15. The average Bonchev–Trinajstić information content (AvgIpc) is 3.24. The molecule has 1 atom stereocenters. The molecule has 0 aliphatic rings. The number of benzene rings is 2. The molecule has 0 bridgehead atoms. The van der Waals surface area contributed by atoms with Crippen molar-refractivity contribution in [2.45, 2.75) is 25.3 Å². The zero-order chi connectivity index (χ0) is 21.8. The number of hydrogen-bond acceptors (Lipinski definition) is 7. The van der Waals surface area contributed by atoms with E-state index in [1.165, 1.54) is 0 Å². The molecule has 0 radical (unpaired) electrons. The van der Waals surface area contributed by atoms with Gasteiger partial charge in [0.2, 0.25) is 11.9 Å². The van der Waals surface area contributed by atoms with Gasteiger partial charge in [0.25, 0.3) is 0 Å². The highest BCUT2D eigenvalue weighted by Gasteiger charge is 2.20. The Kier molecular flexibility index (Phi) is 5.94. The van der Waals surface area contributed by atoms with E-state index in [9.17, 15) is 4.79 Å². The van der Waals surface area contributed by atoms with Gasteiger partial charge in [0.1, 0.15) is 11.8 Å². The maximum Gasteiger partial charge on any atom is 0.240 e. The highest BCUT2D eigenvalue weighted by atomic mass is 16.5. The first-order valence-corrected chi connectivity index (χ1v) is 10.2. The van der Waals surface area contributed by atoms with Gasteiger partial charge < -0.3 is 21.5 Å². The third kappa shape index (κ3) is 4.26. The van der Waals surface area contributed by atoms with Crippen molar-refractivity contribution in [1.82, 2.24) is 19.6 Å². The number of primary amides is 1. The standard InChI is InChI=1S/C22H25N7O2/c1-31-15-11-9-14(10-12-15)20-27-21-16-6-2-3-7-17(16)25-22(29(21)28-20)26-18(19(24)30)8-4-5-13-23/h2-3,6-7,9-12,18H,4-5,8,13,23H2,1H3,(H2,24,30)(H,25,26). The van der Waals surface area contributed by atoms with Crippen molar-refractivity contribution in [2.75, 3.05) is 19.0 Å². The molecule has 0 spiro atoms. The van der Waals surface area contributed by atoms with Gasteiger partial charge in [-0.3, -0.25) is 4.79 Å². The van der Waals surface area contributed by atoms with Crippen LogP contribution < -0.4 is 21.5 Å². The Bertz CT molecular complexity index is 1200. The summed E-state index contributed by atoms with van der Waals surface area (Å²) >= 11 is 0. The van der Waals surface area contributed by atoms with Crippen molar-refractivity contribution in [3.63, 3.8) is 0 Å². The Morgan fingerprint density at radius 2 is 1.90 bits per heavy atom. The van der Waals surface area contributed by atoms with Crippen LogP contribution in [0.1, 0.15) is 19.3 Å². The lowest BCUT2D eigenvalue weighted by atomic mass is 10.1. The highest BCUT2D eigenvalue weighted by Crippen LogP contribution is 2.25. The van der Waals surface area contributed by atoms with E-state index in [4.69, 9.17) is 21.2 Å². The molecule has 4 aromatic rings. The molecule has 2 aromatic heterocycles. The number of carbonyl (C=O) groups excluding carboxylic acids is 1. The molecule has 0 saturated heterocycles. The monoisotopic (exact) mass is 419 g/mol. The third-order valence-electron chi connectivity index (χ3n) is 5.12. The number of nitrogens with zero attached hydrogens (tertiary/aromatic N) is 4. The topological polar surface area (TPSA) is 133 Å². The van der Waals surface area contributed by atoms with Gasteiger partial charge in [0.15, 0.2) is 11.5 Å². The molecule has 9 nitrogen and oxygen atoms in total. The minimum absolute atomic E-state index is 0.414. The Labute approximate surface area is 179 Å². The molecule has 2 heterocycles. The fourth-order valence-electron chi connectivity index (χ4n) is 3.45. The van der Waals surface area contributed by atoms with Crippen molar-refractivity contribution in [3.05, 3.63) is 48.5 Å². The Morgan fingerprint density at radius 3 is 2.61 bits per heavy atom. The van der Waals surface area contributed by atoms with Crippen LogP contribution in [0.5, 0.6) is 5.75 Å². The van der Waals surface area contributed by atoms with Crippen LogP contribution in [0, 0.1) is 0 Å². The molecule has 160 valence electrons. The first-order valence-electron chi connectivity index (χ1n) is 10.2. The summed E-state index contributed by atoms with van der Waals surface area (Å²) in [5.41, 5.74) is 13.4. The summed E-state index contributed by atoms with van der Waals surface area (Å²) in [5.74, 6) is 1.26. The molecule has 0 fully saturated rings. The molecule has 9 heteroatoms. The molecule has 0 saturated carbocycles. The Hall–Kier alpha value is -3.72. The number of amides is 1. The second kappa shape index (κ2) is 8.97. The van der Waals surface area contributed by atoms with Crippen molar-refractivity contribution in [2.24, 2.45) is 11.5 Å². The van der Waals surface area contributed by atoms with Crippen LogP contribution in [-0.4, -0.2) is 45.2 Å². The number of carbonyl (C=O) groups is 1. The largest absolute Gasteiger partial charge is 0.497 e. The summed E-state index contributed by atoms with van der Waals surface area (Å²) in [7, 11) is 1.62. The zero-order valence-electron chi connectivity index (χ0n) is 17.3. The average molecular weight is 419 g/mol. The molecule has 4 rings (SSSR count). The number of fused-ring (bicyclic) bond motifs is 3. The van der Waals surface area contributed by atoms with Crippen LogP contribution in [0.3, 0.4) is 0 Å². The van der Waals surface area contributed by atoms with Crippen LogP contribution in [0.4, 0.5) is 5.95 Å². The van der Waals surface area contributed by atoms with E-state index in [0.717, 1.165) is 35.1 Å². The number of hydrogen-bond donors (Lipinski definition) is 3. The van der Waals surface area contributed by atoms with Crippen LogP contribution in [-0.2, 0) is 4.79 Å². The Balaban J connectivity index is 1.79. The lowest BCUT2D eigenvalue weighted by molar-refractivity contribution is -0.118. The number of anilines is 1. The predicted molar refractivity (Wildman–Crippen MR) is 120 cm³/mol. The van der Waals surface area contributed by atoms with Gasteiger partial charge in [-0.15, -0.1) is 5.10 Å². The van der Waals surface area contributed by atoms with Gasteiger partial charge in [-0.25, -0.2) is 9.97 Å². The van der Waals surface area contributed by atoms with Crippen molar-refractivity contribution in [3.8, 4) is 17.1 Å². The first kappa shape index (κ1) is 20.5. The first-order chi connectivity index (χ1) is 15.1. The summed E-state index contributed by atoms with van der Waals surface area (Å²) in [6, 6.07) is 14.6. The maximum absolute atomic E-state index is 12.0. The fraction of sp³-hybridized carbons (Fsp3) is 0.273. The highest BCUT2D eigenvalue weighted by molar-refractivity contribution is 5.93. The molecule has 31 heavy (non-hydrogen) atoms. The van der Waals surface area contributed by atoms with Crippen molar-refractivity contribution < 1.29 is 9.53 Å². The number of para-hydroxylation sites is 1. The second-order valence-electron chi connectivity index (χ2n) is 7.24. The minimum atomic E-state index is -0.586. The Morgan fingerprint density at radius 1 is 1.13 bits per heavy atom. The van der Waals surface area contributed by atoms with Gasteiger partial charge in [0.05, 0.1) is 12.6 Å². The van der Waals surface area contributed by atoms with E-state index in [1.54, 1.807) is 11.6 Å². The summed E-state index contributed by atoms with van der Waals surface area (Å²) in [5, 5.41) is 8.69. The lowest BCUT2D eigenvalue weighted by Crippen LogP contribution is -2.36. The smallest absolute Gasteiger partial charge is 0.240 e. The number of rotatable bonds is 9. The molecular weight excluding hydrogens is 394 g/mol. The van der Waals surface area contributed by atoms with Gasteiger partial charge in [-0.2, -0.15) is 4.52 Å². The summed E-state index contributed by atoms with van der Waals surface area (Å²) in [4.78, 5) is 21.5. The molecule has 1 unspecified atom stereocenters. The van der Waals surface area contributed by atoms with E-state index >= 15 is 0 Å². The van der Waals surface area contributed by atoms with Gasteiger partial charge in [-0.1, -0.05) is 12.1 Å². The van der Waals surface area contributed by atoms with Gasteiger partial charge in [-0.05, 0) is 62.2 Å². The molecule has 2 aromatic carbocycles. The zero-order valence-corrected chi connectivity index (χ0v) is 17.3. The molecule has 5 N–H and O–H groups in total. The second-order valence-corrected chi connectivity index (χ2v) is 7.24. The summed E-state index contributed by atoms with van der Waals surface area (Å²) in [6.45, 7) is 0.568. The molecule has 1 amide bonds. The predicted octanol–water partition coefficient (Wildman–Crippen LogP) is 2.35. The number of methoxy groups -OCH3 is 1. The molecule has 0 aliphatic carbocycles. The lowest BCUT2D eigenvalue weighted by Gasteiger charge is -2.16. The van der Waals surface area contributed by atoms with Gasteiger partial charge in [0, 0.05) is 10.9 Å². The van der Waals surface area contributed by atoms with Gasteiger partial charge >= 0.3 is 0 Å². The molecule has 0 aliphatic heterocycles. The number of ether oxygens (including phenoxy) is 1. The maximum atomic E-state index is 12.0. The van der Waals surface area contributed by atoms with E-state index in [1.807, 2.05) is 48.5 Å². The third-order valence-corrected chi connectivity index (χ3v) is 5.12. The summed E-state index contributed by atoms with van der Waals surface area (Å²) < 4.78 is 6.86. The normalized spacial score (nSPS) is 12.2. The minimum Gasteiger partial charge on any atom is -0.497 e. The quantitative estimate of drug-likeness (QED) is 0.355.